The van der Waals surface area contributed by atoms with Crippen molar-refractivity contribution >= 4 is 0 Å². The average Bonchev–Trinajstić information content (AvgIpc) is 3.44. The summed E-state index contributed by atoms with van der Waals surface area (Å²) < 4.78 is 17.1. The molecule has 5 rings (SSSR count). The van der Waals surface area contributed by atoms with Gasteiger partial charge in [-0.15, -0.1) is 0 Å². The van der Waals surface area contributed by atoms with Crippen LogP contribution in [0.25, 0.3) is 0 Å². The van der Waals surface area contributed by atoms with E-state index < -0.39 is 0 Å². The Balaban J connectivity index is 1.20. The third-order valence-corrected chi connectivity index (χ3v) is 6.76. The Hall–Kier alpha value is -3.50. The third-order valence-electron chi connectivity index (χ3n) is 6.76. The molecule has 0 saturated carbocycles. The van der Waals surface area contributed by atoms with Crippen LogP contribution in [0.3, 0.4) is 0 Å². The van der Waals surface area contributed by atoms with Crippen LogP contribution < -0.4 is 9.47 Å². The molecule has 1 atom stereocenters. The minimum Gasteiger partial charge on any atom is -0.497 e. The number of methoxy groups -OCH3 is 1. The molecule has 0 N–H and O–H groups in total. The van der Waals surface area contributed by atoms with Gasteiger partial charge >= 0.3 is 0 Å². The number of piperidine rings is 1. The van der Waals surface area contributed by atoms with Gasteiger partial charge in [-0.1, -0.05) is 42.5 Å². The first kappa shape index (κ1) is 22.3. The van der Waals surface area contributed by atoms with E-state index >= 15 is 0 Å². The standard InChI is InChI=1S/C30H31NO3/c1-32-26-13-11-25(12-14-26)29(30-8-5-21-33-30)22-31-19-17-24(18-20-31)23-9-15-28(16-10-23)34-27-6-3-2-4-7-27/h2-16,21,24,29H,17-20,22H2,1H3. The molecule has 1 unspecified atom stereocenters. The summed E-state index contributed by atoms with van der Waals surface area (Å²) in [5.74, 6) is 4.45. The van der Waals surface area contributed by atoms with E-state index in [0.29, 0.717) is 5.92 Å². The molecular weight excluding hydrogens is 422 g/mol. The molecule has 0 bridgehead atoms. The molecule has 0 aliphatic carbocycles. The molecule has 1 fully saturated rings. The van der Waals surface area contributed by atoms with Crippen LogP contribution in [-0.4, -0.2) is 31.6 Å². The molecule has 4 nitrogen and oxygen atoms in total. The first-order chi connectivity index (χ1) is 16.8. The fourth-order valence-corrected chi connectivity index (χ4v) is 4.83. The Kier molecular flexibility index (Phi) is 6.97. The molecule has 1 aromatic heterocycles. The maximum absolute atomic E-state index is 5.95. The van der Waals surface area contributed by atoms with Crippen LogP contribution in [0.1, 0.15) is 41.6 Å². The molecule has 0 radical (unpaired) electrons. The Morgan fingerprint density at radius 1 is 0.794 bits per heavy atom. The molecule has 1 saturated heterocycles. The van der Waals surface area contributed by atoms with Gasteiger partial charge < -0.3 is 18.8 Å². The molecule has 2 heterocycles. The van der Waals surface area contributed by atoms with Crippen LogP contribution in [-0.2, 0) is 0 Å². The van der Waals surface area contributed by atoms with Crippen LogP contribution in [0.15, 0.2) is 102 Å². The lowest BCUT2D eigenvalue weighted by Gasteiger charge is -2.34. The zero-order chi connectivity index (χ0) is 23.2. The largest absolute Gasteiger partial charge is 0.497 e. The quantitative estimate of drug-likeness (QED) is 0.285. The van der Waals surface area contributed by atoms with Gasteiger partial charge in [0.15, 0.2) is 0 Å². The molecular formula is C30H31NO3. The van der Waals surface area contributed by atoms with Crippen molar-refractivity contribution in [3.05, 3.63) is 114 Å². The molecule has 0 amide bonds. The Morgan fingerprint density at radius 2 is 1.47 bits per heavy atom. The number of benzene rings is 3. The van der Waals surface area contributed by atoms with Gasteiger partial charge in [-0.2, -0.15) is 0 Å². The molecule has 1 aliphatic rings. The van der Waals surface area contributed by atoms with Crippen molar-refractivity contribution < 1.29 is 13.9 Å². The van der Waals surface area contributed by atoms with E-state index in [2.05, 4.69) is 47.4 Å². The lowest BCUT2D eigenvalue weighted by atomic mass is 9.88. The van der Waals surface area contributed by atoms with E-state index in [9.17, 15) is 0 Å². The third kappa shape index (κ3) is 5.35. The van der Waals surface area contributed by atoms with Crippen LogP contribution in [0, 0.1) is 0 Å². The summed E-state index contributed by atoms with van der Waals surface area (Å²) in [4.78, 5) is 2.57. The summed E-state index contributed by atoms with van der Waals surface area (Å²) in [5.41, 5.74) is 2.66. The lowest BCUT2D eigenvalue weighted by Crippen LogP contribution is -2.36. The minimum atomic E-state index is 0.215. The van der Waals surface area contributed by atoms with Gasteiger partial charge in [-0.3, -0.25) is 0 Å². The molecule has 0 spiro atoms. The average molecular weight is 454 g/mol. The van der Waals surface area contributed by atoms with Crippen molar-refractivity contribution in [2.24, 2.45) is 0 Å². The number of furan rings is 1. The summed E-state index contributed by atoms with van der Waals surface area (Å²) in [6.45, 7) is 3.12. The van der Waals surface area contributed by atoms with Crippen molar-refractivity contribution in [2.75, 3.05) is 26.7 Å². The summed E-state index contributed by atoms with van der Waals surface area (Å²) in [5, 5.41) is 0. The van der Waals surface area contributed by atoms with Crippen LogP contribution in [0.5, 0.6) is 17.2 Å². The number of hydrogen-bond acceptors (Lipinski definition) is 4. The fraction of sp³-hybridized carbons (Fsp3) is 0.267. The van der Waals surface area contributed by atoms with Crippen LogP contribution in [0.2, 0.25) is 0 Å². The van der Waals surface area contributed by atoms with Crippen molar-refractivity contribution in [1.82, 2.24) is 4.90 Å². The highest BCUT2D eigenvalue weighted by atomic mass is 16.5. The highest BCUT2D eigenvalue weighted by Gasteiger charge is 2.25. The number of para-hydroxylation sites is 1. The van der Waals surface area contributed by atoms with Gasteiger partial charge in [-0.25, -0.2) is 0 Å². The number of likely N-dealkylation sites (tertiary alicyclic amines) is 1. The number of nitrogens with zero attached hydrogens (tertiary/aromatic N) is 1. The number of hydrogen-bond donors (Lipinski definition) is 0. The zero-order valence-electron chi connectivity index (χ0n) is 19.6. The molecule has 34 heavy (non-hydrogen) atoms. The molecule has 4 heteroatoms. The fourth-order valence-electron chi connectivity index (χ4n) is 4.83. The second kappa shape index (κ2) is 10.6. The highest BCUT2D eigenvalue weighted by Crippen LogP contribution is 2.33. The molecule has 174 valence electrons. The van der Waals surface area contributed by atoms with Crippen molar-refractivity contribution in [3.8, 4) is 17.2 Å². The Morgan fingerprint density at radius 3 is 2.12 bits per heavy atom. The van der Waals surface area contributed by atoms with E-state index in [1.165, 1.54) is 11.1 Å². The Bertz CT molecular complexity index is 1130. The van der Waals surface area contributed by atoms with Gasteiger partial charge in [0.2, 0.25) is 0 Å². The number of rotatable bonds is 8. The summed E-state index contributed by atoms with van der Waals surface area (Å²) >= 11 is 0. The second-order valence-corrected chi connectivity index (χ2v) is 8.90. The Labute approximate surface area is 201 Å². The molecule has 1 aliphatic heterocycles. The van der Waals surface area contributed by atoms with E-state index in [-0.39, 0.29) is 5.92 Å². The van der Waals surface area contributed by atoms with Crippen molar-refractivity contribution in [3.63, 3.8) is 0 Å². The highest BCUT2D eigenvalue weighted by molar-refractivity contribution is 5.35. The van der Waals surface area contributed by atoms with Gasteiger partial charge in [0.25, 0.3) is 0 Å². The second-order valence-electron chi connectivity index (χ2n) is 8.90. The monoisotopic (exact) mass is 453 g/mol. The van der Waals surface area contributed by atoms with Gasteiger partial charge in [0.05, 0.1) is 19.3 Å². The zero-order valence-corrected chi connectivity index (χ0v) is 19.6. The van der Waals surface area contributed by atoms with E-state index in [0.717, 1.165) is 55.5 Å². The van der Waals surface area contributed by atoms with Gasteiger partial charge in [0.1, 0.15) is 23.0 Å². The van der Waals surface area contributed by atoms with Crippen LogP contribution in [0.4, 0.5) is 0 Å². The minimum absolute atomic E-state index is 0.215. The van der Waals surface area contributed by atoms with Gasteiger partial charge in [0, 0.05) is 6.54 Å². The van der Waals surface area contributed by atoms with Crippen LogP contribution >= 0.6 is 0 Å². The predicted molar refractivity (Wildman–Crippen MR) is 135 cm³/mol. The smallest absolute Gasteiger partial charge is 0.127 e. The summed E-state index contributed by atoms with van der Waals surface area (Å²) in [7, 11) is 1.70. The predicted octanol–water partition coefficient (Wildman–Crippen LogP) is 7.09. The lowest BCUT2D eigenvalue weighted by molar-refractivity contribution is 0.201. The summed E-state index contributed by atoms with van der Waals surface area (Å²) in [6, 6.07) is 31.0. The topological polar surface area (TPSA) is 34.8 Å². The van der Waals surface area contributed by atoms with Crippen molar-refractivity contribution in [1.29, 1.82) is 0 Å². The maximum Gasteiger partial charge on any atom is 0.127 e. The molecule has 3 aromatic carbocycles. The van der Waals surface area contributed by atoms with Crippen molar-refractivity contribution in [2.45, 2.75) is 24.7 Å². The first-order valence-corrected chi connectivity index (χ1v) is 12.0. The maximum atomic E-state index is 5.95. The number of ether oxygens (including phenoxy) is 2. The van der Waals surface area contributed by atoms with Gasteiger partial charge in [-0.05, 0) is 91.5 Å². The first-order valence-electron chi connectivity index (χ1n) is 12.0. The SMILES string of the molecule is COc1ccc(C(CN2CCC(c3ccc(Oc4ccccc4)cc3)CC2)c2ccco2)cc1. The molecule has 4 aromatic rings. The normalized spacial score (nSPS) is 15.7. The van der Waals surface area contributed by atoms with E-state index in [1.807, 2.05) is 48.5 Å². The van der Waals surface area contributed by atoms with E-state index in [1.54, 1.807) is 13.4 Å². The summed E-state index contributed by atoms with van der Waals surface area (Å²) in [6.07, 6.45) is 4.09. The van der Waals surface area contributed by atoms with E-state index in [4.69, 9.17) is 13.9 Å².